The van der Waals surface area contributed by atoms with Gasteiger partial charge in [0.1, 0.15) is 0 Å². The van der Waals surface area contributed by atoms with Crippen LogP contribution in [-0.4, -0.2) is 53.6 Å². The van der Waals surface area contributed by atoms with E-state index in [-0.39, 0.29) is 0 Å². The van der Waals surface area contributed by atoms with Crippen molar-refractivity contribution in [3.05, 3.63) is 108 Å². The summed E-state index contributed by atoms with van der Waals surface area (Å²) in [5.74, 6) is 0. The van der Waals surface area contributed by atoms with Gasteiger partial charge in [-0.05, 0) is 93.7 Å². The van der Waals surface area contributed by atoms with Gasteiger partial charge in [-0.3, -0.25) is 0 Å². The van der Waals surface area contributed by atoms with Gasteiger partial charge < -0.3 is 20.1 Å². The Balaban J connectivity index is 1.44. The number of aryl methyl sites for hydroxylation is 2. The molecule has 0 bridgehead atoms. The van der Waals surface area contributed by atoms with Crippen LogP contribution in [0, 0.1) is 0 Å². The van der Waals surface area contributed by atoms with Crippen LogP contribution in [0.2, 0.25) is 0 Å². The maximum absolute atomic E-state index is 5.17. The molecule has 0 aromatic heterocycles. The van der Waals surface area contributed by atoms with Crippen molar-refractivity contribution in [1.29, 1.82) is 0 Å². The van der Waals surface area contributed by atoms with E-state index in [2.05, 4.69) is 108 Å². The standard InChI is InChI=1S/C38H44N2O2/c1-41-27-25-39-23-7-11-31-17-15-29-9-3-5-13-35(29)37(31)33-19-21-34(22-20-33)38-32(12-8-24-40-26-28-42-2)18-16-30-10-4-6-14-36(30)38/h3-6,9-10,13-22,39-40H,7-8,11-12,23-28H2,1-2H3. The van der Waals surface area contributed by atoms with E-state index in [9.17, 15) is 0 Å². The molecular weight excluding hydrogens is 516 g/mol. The quantitative estimate of drug-likeness (QED) is 0.122. The molecule has 0 aliphatic carbocycles. The van der Waals surface area contributed by atoms with E-state index in [0.717, 1.165) is 65.1 Å². The average Bonchev–Trinajstić information content (AvgIpc) is 3.04. The molecule has 0 heterocycles. The van der Waals surface area contributed by atoms with Crippen molar-refractivity contribution >= 4 is 21.5 Å². The van der Waals surface area contributed by atoms with Crippen molar-refractivity contribution in [2.75, 3.05) is 53.6 Å². The summed E-state index contributed by atoms with van der Waals surface area (Å²) >= 11 is 0. The van der Waals surface area contributed by atoms with E-state index in [0.29, 0.717) is 0 Å². The summed E-state index contributed by atoms with van der Waals surface area (Å²) in [5.41, 5.74) is 8.08. The minimum absolute atomic E-state index is 0.747. The summed E-state index contributed by atoms with van der Waals surface area (Å²) in [5, 5.41) is 12.2. The van der Waals surface area contributed by atoms with E-state index in [1.54, 1.807) is 14.2 Å². The molecule has 4 heteroatoms. The molecular formula is C38H44N2O2. The number of benzene rings is 5. The molecule has 0 amide bonds. The lowest BCUT2D eigenvalue weighted by Gasteiger charge is -2.17. The molecule has 0 fully saturated rings. The van der Waals surface area contributed by atoms with Gasteiger partial charge in [0.2, 0.25) is 0 Å². The first-order chi connectivity index (χ1) is 20.8. The Bertz CT molecular complexity index is 1440. The second kappa shape index (κ2) is 15.6. The van der Waals surface area contributed by atoms with E-state index in [4.69, 9.17) is 9.47 Å². The molecule has 0 unspecified atom stereocenters. The van der Waals surface area contributed by atoms with Crippen molar-refractivity contribution < 1.29 is 9.47 Å². The Kier molecular flexibility index (Phi) is 11.1. The first-order valence-electron chi connectivity index (χ1n) is 15.3. The molecule has 0 saturated carbocycles. The fourth-order valence-corrected chi connectivity index (χ4v) is 5.94. The van der Waals surface area contributed by atoms with Crippen LogP contribution in [0.15, 0.2) is 97.1 Å². The summed E-state index contributed by atoms with van der Waals surface area (Å²) < 4.78 is 10.3. The van der Waals surface area contributed by atoms with Crippen molar-refractivity contribution in [2.24, 2.45) is 0 Å². The Labute approximate surface area is 251 Å². The van der Waals surface area contributed by atoms with Crippen LogP contribution in [-0.2, 0) is 22.3 Å². The van der Waals surface area contributed by atoms with Gasteiger partial charge in [-0.1, -0.05) is 97.1 Å². The third-order valence-corrected chi connectivity index (χ3v) is 8.06. The summed E-state index contributed by atoms with van der Waals surface area (Å²) in [6.45, 7) is 5.25. The highest BCUT2D eigenvalue weighted by molar-refractivity contribution is 6.00. The maximum atomic E-state index is 5.17. The minimum Gasteiger partial charge on any atom is -0.383 e. The lowest BCUT2D eigenvalue weighted by atomic mass is 9.88. The zero-order valence-electron chi connectivity index (χ0n) is 25.1. The molecule has 5 aromatic rings. The van der Waals surface area contributed by atoms with Crippen molar-refractivity contribution in [1.82, 2.24) is 10.6 Å². The fourth-order valence-electron chi connectivity index (χ4n) is 5.94. The summed E-state index contributed by atoms with van der Waals surface area (Å²) in [7, 11) is 3.50. The highest BCUT2D eigenvalue weighted by Gasteiger charge is 2.13. The topological polar surface area (TPSA) is 42.5 Å². The predicted octanol–water partition coefficient (Wildman–Crippen LogP) is 7.66. The maximum Gasteiger partial charge on any atom is 0.0587 e. The average molecular weight is 561 g/mol. The molecule has 0 spiro atoms. The van der Waals surface area contributed by atoms with Crippen LogP contribution in [0.1, 0.15) is 24.0 Å². The molecule has 5 rings (SSSR count). The second-order valence-electron chi connectivity index (χ2n) is 10.9. The van der Waals surface area contributed by atoms with Crippen LogP contribution in [0.25, 0.3) is 43.8 Å². The highest BCUT2D eigenvalue weighted by atomic mass is 16.5. The Morgan fingerprint density at radius 2 is 0.905 bits per heavy atom. The lowest BCUT2D eigenvalue weighted by Crippen LogP contribution is -2.20. The third kappa shape index (κ3) is 7.45. The van der Waals surface area contributed by atoms with Gasteiger partial charge in [-0.25, -0.2) is 0 Å². The number of methoxy groups -OCH3 is 2. The van der Waals surface area contributed by atoms with E-state index in [1.165, 1.54) is 54.9 Å². The molecule has 0 radical (unpaired) electrons. The number of nitrogens with one attached hydrogen (secondary N) is 2. The fraction of sp³-hybridized carbons (Fsp3) is 0.316. The van der Waals surface area contributed by atoms with Gasteiger partial charge >= 0.3 is 0 Å². The minimum atomic E-state index is 0.747. The Morgan fingerprint density at radius 1 is 0.476 bits per heavy atom. The zero-order valence-corrected chi connectivity index (χ0v) is 25.1. The number of hydrogen-bond donors (Lipinski definition) is 2. The largest absolute Gasteiger partial charge is 0.383 e. The summed E-state index contributed by atoms with van der Waals surface area (Å²) in [6.07, 6.45) is 4.25. The molecule has 42 heavy (non-hydrogen) atoms. The van der Waals surface area contributed by atoms with Crippen molar-refractivity contribution in [3.63, 3.8) is 0 Å². The SMILES string of the molecule is COCCNCCCc1ccc2ccccc2c1-c1ccc(-c2c(CCCNCCOC)ccc3ccccc23)cc1. The molecule has 218 valence electrons. The molecule has 4 nitrogen and oxygen atoms in total. The van der Waals surface area contributed by atoms with Gasteiger partial charge in [0.15, 0.2) is 0 Å². The van der Waals surface area contributed by atoms with Crippen LogP contribution in [0.4, 0.5) is 0 Å². The van der Waals surface area contributed by atoms with Crippen LogP contribution < -0.4 is 10.6 Å². The number of fused-ring (bicyclic) bond motifs is 2. The summed E-state index contributed by atoms with van der Waals surface area (Å²) in [4.78, 5) is 0. The smallest absolute Gasteiger partial charge is 0.0587 e. The number of ether oxygens (including phenoxy) is 2. The van der Waals surface area contributed by atoms with Crippen LogP contribution >= 0.6 is 0 Å². The molecule has 0 atom stereocenters. The second-order valence-corrected chi connectivity index (χ2v) is 10.9. The lowest BCUT2D eigenvalue weighted by molar-refractivity contribution is 0.199. The Morgan fingerprint density at radius 3 is 1.33 bits per heavy atom. The van der Waals surface area contributed by atoms with Gasteiger partial charge in [0.05, 0.1) is 13.2 Å². The molecule has 0 aliphatic rings. The van der Waals surface area contributed by atoms with Crippen LogP contribution in [0.3, 0.4) is 0 Å². The van der Waals surface area contributed by atoms with Crippen molar-refractivity contribution in [3.8, 4) is 22.3 Å². The normalized spacial score (nSPS) is 11.5. The van der Waals surface area contributed by atoms with Gasteiger partial charge in [-0.15, -0.1) is 0 Å². The first-order valence-corrected chi connectivity index (χ1v) is 15.3. The molecule has 0 saturated heterocycles. The van der Waals surface area contributed by atoms with E-state index in [1.807, 2.05) is 0 Å². The number of hydrogen-bond acceptors (Lipinski definition) is 4. The van der Waals surface area contributed by atoms with Crippen LogP contribution in [0.5, 0.6) is 0 Å². The first kappa shape index (κ1) is 29.9. The summed E-state index contributed by atoms with van der Waals surface area (Å²) in [6, 6.07) is 36.0. The third-order valence-electron chi connectivity index (χ3n) is 8.06. The monoisotopic (exact) mass is 560 g/mol. The van der Waals surface area contributed by atoms with Gasteiger partial charge in [0.25, 0.3) is 0 Å². The molecule has 2 N–H and O–H groups in total. The molecule has 5 aromatic carbocycles. The van der Waals surface area contributed by atoms with Crippen molar-refractivity contribution in [2.45, 2.75) is 25.7 Å². The van der Waals surface area contributed by atoms with E-state index < -0.39 is 0 Å². The molecule has 0 aliphatic heterocycles. The number of rotatable bonds is 16. The Hall–Kier alpha value is -3.54. The van der Waals surface area contributed by atoms with Gasteiger partial charge in [-0.2, -0.15) is 0 Å². The van der Waals surface area contributed by atoms with Gasteiger partial charge in [0, 0.05) is 27.3 Å². The highest BCUT2D eigenvalue weighted by Crippen LogP contribution is 2.37. The van der Waals surface area contributed by atoms with E-state index >= 15 is 0 Å². The zero-order chi connectivity index (χ0) is 29.0. The predicted molar refractivity (Wildman–Crippen MR) is 178 cm³/mol.